The Kier molecular flexibility index (Phi) is 3.66. The first-order valence-corrected chi connectivity index (χ1v) is 9.10. The lowest BCUT2D eigenvalue weighted by Gasteiger charge is -2.54. The normalized spacial score (nSPS) is 40.9. The smallest absolute Gasteiger partial charge is 0.303 e. The minimum absolute atomic E-state index is 0.264. The van der Waals surface area contributed by atoms with Gasteiger partial charge in [0.05, 0.1) is 0 Å². The molecule has 4 aliphatic carbocycles. The van der Waals surface area contributed by atoms with Crippen LogP contribution in [-0.2, 0) is 9.59 Å². The van der Waals surface area contributed by atoms with Crippen LogP contribution in [0.5, 0.6) is 0 Å². The third-order valence-electron chi connectivity index (χ3n) is 6.90. The fraction of sp³-hybridized carbons (Fsp3) is 0.889. The fourth-order valence-electron chi connectivity index (χ4n) is 6.14. The van der Waals surface area contributed by atoms with Gasteiger partial charge >= 0.3 is 5.97 Å². The lowest BCUT2D eigenvalue weighted by Crippen LogP contribution is -2.53. The number of nitrogens with zero attached hydrogens (tertiary/aromatic N) is 1. The minimum Gasteiger partial charge on any atom is -0.481 e. The van der Waals surface area contributed by atoms with Gasteiger partial charge in [0.2, 0.25) is 5.91 Å². The van der Waals surface area contributed by atoms with Gasteiger partial charge in [-0.3, -0.25) is 9.59 Å². The van der Waals surface area contributed by atoms with Crippen molar-refractivity contribution in [3.8, 4) is 0 Å². The first-order chi connectivity index (χ1) is 10.6. The molecule has 0 spiro atoms. The van der Waals surface area contributed by atoms with Crippen LogP contribution in [0.4, 0.5) is 0 Å². The van der Waals surface area contributed by atoms with E-state index in [-0.39, 0.29) is 12.3 Å². The van der Waals surface area contributed by atoms with E-state index in [0.717, 1.165) is 37.8 Å². The molecule has 1 amide bonds. The van der Waals surface area contributed by atoms with Crippen LogP contribution in [0.25, 0.3) is 0 Å². The molecule has 0 aromatic heterocycles. The second-order valence-corrected chi connectivity index (χ2v) is 8.32. The van der Waals surface area contributed by atoms with Crippen LogP contribution in [0.15, 0.2) is 0 Å². The molecule has 5 aliphatic rings. The van der Waals surface area contributed by atoms with Gasteiger partial charge in [0.1, 0.15) is 0 Å². The quantitative estimate of drug-likeness (QED) is 0.872. The van der Waals surface area contributed by atoms with Crippen molar-refractivity contribution in [3.05, 3.63) is 0 Å². The maximum atomic E-state index is 13.0. The average Bonchev–Trinajstić information content (AvgIpc) is 2.46. The third-order valence-corrected chi connectivity index (χ3v) is 6.90. The maximum absolute atomic E-state index is 13.0. The Labute approximate surface area is 132 Å². The van der Waals surface area contributed by atoms with Crippen LogP contribution < -0.4 is 0 Å². The van der Waals surface area contributed by atoms with Gasteiger partial charge in [0.25, 0.3) is 0 Å². The lowest BCUT2D eigenvalue weighted by molar-refractivity contribution is -0.150. The number of rotatable bonds is 3. The summed E-state index contributed by atoms with van der Waals surface area (Å²) in [5, 5.41) is 8.90. The summed E-state index contributed by atoms with van der Waals surface area (Å²) in [4.78, 5) is 25.9. The highest BCUT2D eigenvalue weighted by atomic mass is 16.4. The van der Waals surface area contributed by atoms with Crippen LogP contribution in [0.2, 0.25) is 0 Å². The van der Waals surface area contributed by atoms with Crippen LogP contribution in [0.1, 0.15) is 51.4 Å². The van der Waals surface area contributed by atoms with Crippen LogP contribution >= 0.6 is 0 Å². The van der Waals surface area contributed by atoms with E-state index in [9.17, 15) is 9.59 Å². The summed E-state index contributed by atoms with van der Waals surface area (Å²) in [6, 6.07) is 0. The Morgan fingerprint density at radius 2 is 1.45 bits per heavy atom. The largest absolute Gasteiger partial charge is 0.481 e. The van der Waals surface area contributed by atoms with Crippen molar-refractivity contribution in [1.82, 2.24) is 4.90 Å². The van der Waals surface area contributed by atoms with E-state index in [1.54, 1.807) is 0 Å². The second-order valence-electron chi connectivity index (χ2n) is 8.32. The molecule has 1 aliphatic heterocycles. The second kappa shape index (κ2) is 5.54. The van der Waals surface area contributed by atoms with E-state index in [0.29, 0.717) is 23.7 Å². The van der Waals surface area contributed by atoms with Gasteiger partial charge < -0.3 is 10.0 Å². The van der Waals surface area contributed by atoms with Gasteiger partial charge in [0, 0.05) is 25.4 Å². The van der Waals surface area contributed by atoms with Crippen LogP contribution in [0, 0.1) is 35.5 Å². The van der Waals surface area contributed by atoms with Crippen LogP contribution in [0.3, 0.4) is 0 Å². The van der Waals surface area contributed by atoms with Crippen molar-refractivity contribution >= 4 is 11.9 Å². The SMILES string of the molecule is O=C(O)CC1CCN(C(=O)C2C3CC4CC(C3)CC2C4)CC1. The highest BCUT2D eigenvalue weighted by molar-refractivity contribution is 5.80. The van der Waals surface area contributed by atoms with E-state index in [4.69, 9.17) is 5.11 Å². The van der Waals surface area contributed by atoms with E-state index < -0.39 is 5.97 Å². The van der Waals surface area contributed by atoms with Gasteiger partial charge in [-0.1, -0.05) is 0 Å². The van der Waals surface area contributed by atoms with Gasteiger partial charge in [-0.15, -0.1) is 0 Å². The van der Waals surface area contributed by atoms with Crippen molar-refractivity contribution in [1.29, 1.82) is 0 Å². The summed E-state index contributed by atoms with van der Waals surface area (Å²) < 4.78 is 0. The standard InChI is InChI=1S/C18H27NO3/c20-16(21)10-11-1-3-19(4-2-11)18(22)17-14-6-12-5-13(8-14)9-15(17)7-12/h11-15,17H,1-10H2,(H,20,21). The zero-order chi connectivity index (χ0) is 15.3. The van der Waals surface area contributed by atoms with Crippen LogP contribution in [-0.4, -0.2) is 35.0 Å². The number of carboxylic acids is 1. The van der Waals surface area contributed by atoms with E-state index >= 15 is 0 Å². The highest BCUT2D eigenvalue weighted by Crippen LogP contribution is 2.56. The Hall–Kier alpha value is -1.06. The number of piperidine rings is 1. The minimum atomic E-state index is -0.703. The van der Waals surface area contributed by atoms with Crippen molar-refractivity contribution in [3.63, 3.8) is 0 Å². The number of likely N-dealkylation sites (tertiary alicyclic amines) is 1. The zero-order valence-electron chi connectivity index (χ0n) is 13.2. The topological polar surface area (TPSA) is 57.6 Å². The molecule has 0 aromatic rings. The maximum Gasteiger partial charge on any atom is 0.303 e. The molecule has 22 heavy (non-hydrogen) atoms. The summed E-state index contributed by atoms with van der Waals surface area (Å²) in [5.41, 5.74) is 0. The van der Waals surface area contributed by atoms with E-state index in [1.807, 2.05) is 0 Å². The van der Waals surface area contributed by atoms with Gasteiger partial charge in [-0.05, 0) is 74.5 Å². The Bertz CT molecular complexity index is 439. The molecule has 1 heterocycles. The lowest BCUT2D eigenvalue weighted by atomic mass is 9.51. The van der Waals surface area contributed by atoms with E-state index in [1.165, 1.54) is 32.1 Å². The molecule has 4 nitrogen and oxygen atoms in total. The van der Waals surface area contributed by atoms with Gasteiger partial charge in [-0.25, -0.2) is 0 Å². The molecule has 1 N–H and O–H groups in total. The Morgan fingerprint density at radius 3 is 1.95 bits per heavy atom. The predicted molar refractivity (Wildman–Crippen MR) is 82.1 cm³/mol. The molecular weight excluding hydrogens is 278 g/mol. The first-order valence-electron chi connectivity index (χ1n) is 9.10. The summed E-state index contributed by atoms with van der Waals surface area (Å²) >= 11 is 0. The summed E-state index contributed by atoms with van der Waals surface area (Å²) in [5.74, 6) is 3.39. The zero-order valence-corrected chi connectivity index (χ0v) is 13.2. The first kappa shape index (κ1) is 14.5. The number of carbonyl (C=O) groups excluding carboxylic acids is 1. The van der Waals surface area contributed by atoms with Crippen molar-refractivity contribution in [2.24, 2.45) is 35.5 Å². The predicted octanol–water partition coefficient (Wildman–Crippen LogP) is 2.77. The number of hydrogen-bond donors (Lipinski definition) is 1. The fourth-order valence-corrected chi connectivity index (χ4v) is 6.14. The molecular formula is C18H27NO3. The highest BCUT2D eigenvalue weighted by Gasteiger charge is 2.51. The summed E-state index contributed by atoms with van der Waals surface area (Å²) in [6.45, 7) is 1.55. The van der Waals surface area contributed by atoms with Gasteiger partial charge in [0.15, 0.2) is 0 Å². The molecule has 5 fully saturated rings. The number of aliphatic carboxylic acids is 1. The Balaban J connectivity index is 1.38. The van der Waals surface area contributed by atoms with Crippen molar-refractivity contribution < 1.29 is 14.7 Å². The Morgan fingerprint density at radius 1 is 0.909 bits per heavy atom. The molecule has 1 saturated heterocycles. The van der Waals surface area contributed by atoms with Crippen molar-refractivity contribution in [2.45, 2.75) is 51.4 Å². The third kappa shape index (κ3) is 2.55. The molecule has 122 valence electrons. The number of hydrogen-bond acceptors (Lipinski definition) is 2. The monoisotopic (exact) mass is 305 g/mol. The summed E-state index contributed by atoms with van der Waals surface area (Å²) in [6.07, 6.45) is 8.58. The number of carboxylic acid groups (broad SMARTS) is 1. The molecule has 4 heteroatoms. The molecule has 0 unspecified atom stereocenters. The van der Waals surface area contributed by atoms with Gasteiger partial charge in [-0.2, -0.15) is 0 Å². The summed E-state index contributed by atoms with van der Waals surface area (Å²) in [7, 11) is 0. The molecule has 4 bridgehead atoms. The molecule has 0 radical (unpaired) electrons. The molecule has 0 aromatic carbocycles. The molecule has 5 rings (SSSR count). The molecule has 4 saturated carbocycles. The number of carbonyl (C=O) groups is 2. The molecule has 0 atom stereocenters. The average molecular weight is 305 g/mol. The van der Waals surface area contributed by atoms with Crippen molar-refractivity contribution in [2.75, 3.05) is 13.1 Å². The number of amides is 1. The van der Waals surface area contributed by atoms with E-state index in [2.05, 4.69) is 4.90 Å².